The molecule has 148 valence electrons. The van der Waals surface area contributed by atoms with E-state index in [2.05, 4.69) is 17.3 Å². The minimum absolute atomic E-state index is 0.146. The van der Waals surface area contributed by atoms with E-state index < -0.39 is 0 Å². The monoisotopic (exact) mass is 384 g/mol. The first kappa shape index (κ1) is 18.4. The van der Waals surface area contributed by atoms with Gasteiger partial charge in [0, 0.05) is 36.3 Å². The van der Waals surface area contributed by atoms with Gasteiger partial charge in [-0.15, -0.1) is 0 Å². The molecule has 0 spiro atoms. The van der Waals surface area contributed by atoms with Gasteiger partial charge in [0.05, 0.1) is 14.2 Å². The standard InChI is InChI=1S/C21H24N2O5/c1-23-9-8-15-16(10-22-21(24)13-4-6-14(25-2)7-5-13)19-20(28-12-27-19)18(26-3)17(15)11-23/h4-7H,8-12H2,1-3H3,(H,22,24). The minimum Gasteiger partial charge on any atom is -0.497 e. The zero-order valence-corrected chi connectivity index (χ0v) is 16.3. The van der Waals surface area contributed by atoms with Crippen molar-refractivity contribution in [2.45, 2.75) is 19.5 Å². The van der Waals surface area contributed by atoms with E-state index in [-0.39, 0.29) is 12.7 Å². The molecule has 0 saturated heterocycles. The van der Waals surface area contributed by atoms with Gasteiger partial charge in [-0.05, 0) is 43.3 Å². The summed E-state index contributed by atoms with van der Waals surface area (Å²) in [5, 5.41) is 3.01. The second-order valence-electron chi connectivity index (χ2n) is 6.93. The number of carbonyl (C=O) groups is 1. The number of likely N-dealkylation sites (N-methyl/N-ethyl adjacent to an activating group) is 1. The summed E-state index contributed by atoms with van der Waals surface area (Å²) in [6, 6.07) is 7.04. The van der Waals surface area contributed by atoms with Gasteiger partial charge in [-0.3, -0.25) is 4.79 Å². The summed E-state index contributed by atoms with van der Waals surface area (Å²) in [5.74, 6) is 2.61. The predicted molar refractivity (Wildman–Crippen MR) is 103 cm³/mol. The number of carbonyl (C=O) groups excluding carboxylic acids is 1. The minimum atomic E-state index is -0.146. The van der Waals surface area contributed by atoms with Crippen LogP contribution in [0.15, 0.2) is 24.3 Å². The number of ether oxygens (including phenoxy) is 4. The Bertz CT molecular complexity index is 895. The molecule has 7 nitrogen and oxygen atoms in total. The van der Waals surface area contributed by atoms with Gasteiger partial charge in [-0.25, -0.2) is 0 Å². The molecule has 0 saturated carbocycles. The molecular formula is C21H24N2O5. The zero-order chi connectivity index (χ0) is 19.7. The number of amides is 1. The zero-order valence-electron chi connectivity index (χ0n) is 16.3. The molecule has 0 aliphatic carbocycles. The Kier molecular flexibility index (Phi) is 5.00. The smallest absolute Gasteiger partial charge is 0.251 e. The van der Waals surface area contributed by atoms with E-state index in [1.807, 2.05) is 0 Å². The fourth-order valence-corrected chi connectivity index (χ4v) is 3.80. The lowest BCUT2D eigenvalue weighted by Crippen LogP contribution is -2.30. The van der Waals surface area contributed by atoms with Crippen molar-refractivity contribution in [2.75, 3.05) is 34.6 Å². The molecule has 0 bridgehead atoms. The van der Waals surface area contributed by atoms with Crippen LogP contribution in [-0.4, -0.2) is 45.4 Å². The molecule has 2 aliphatic rings. The first-order valence-electron chi connectivity index (χ1n) is 9.23. The number of rotatable bonds is 5. The highest BCUT2D eigenvalue weighted by atomic mass is 16.7. The maximum Gasteiger partial charge on any atom is 0.251 e. The summed E-state index contributed by atoms with van der Waals surface area (Å²) in [7, 11) is 5.33. The van der Waals surface area contributed by atoms with Crippen molar-refractivity contribution in [3.63, 3.8) is 0 Å². The van der Waals surface area contributed by atoms with Crippen molar-refractivity contribution in [3.8, 4) is 23.0 Å². The SMILES string of the molecule is COc1ccc(C(=O)NCc2c3c(c(OC)c4c2OCO4)CN(C)CC3)cc1. The Morgan fingerprint density at radius 3 is 2.57 bits per heavy atom. The van der Waals surface area contributed by atoms with Crippen LogP contribution in [0.1, 0.15) is 27.0 Å². The van der Waals surface area contributed by atoms with Crippen LogP contribution in [0.25, 0.3) is 0 Å². The molecule has 4 rings (SSSR count). The molecule has 2 aliphatic heterocycles. The van der Waals surface area contributed by atoms with Gasteiger partial charge in [-0.2, -0.15) is 0 Å². The normalized spacial score (nSPS) is 15.1. The lowest BCUT2D eigenvalue weighted by Gasteiger charge is -2.29. The van der Waals surface area contributed by atoms with E-state index in [0.717, 1.165) is 36.4 Å². The molecule has 0 unspecified atom stereocenters. The fourth-order valence-electron chi connectivity index (χ4n) is 3.80. The fraction of sp³-hybridized carbons (Fsp3) is 0.381. The summed E-state index contributed by atoms with van der Waals surface area (Å²) in [6.07, 6.45) is 0.868. The Hall–Kier alpha value is -2.93. The van der Waals surface area contributed by atoms with E-state index >= 15 is 0 Å². The van der Waals surface area contributed by atoms with Gasteiger partial charge in [0.1, 0.15) is 5.75 Å². The van der Waals surface area contributed by atoms with Crippen LogP contribution in [0.5, 0.6) is 23.0 Å². The number of fused-ring (bicyclic) bond motifs is 2. The van der Waals surface area contributed by atoms with Crippen molar-refractivity contribution in [2.24, 2.45) is 0 Å². The molecule has 2 heterocycles. The number of nitrogens with one attached hydrogen (secondary N) is 1. The summed E-state index contributed by atoms with van der Waals surface area (Å²) >= 11 is 0. The largest absolute Gasteiger partial charge is 0.497 e. The highest BCUT2D eigenvalue weighted by Crippen LogP contribution is 2.49. The van der Waals surface area contributed by atoms with Crippen molar-refractivity contribution in [1.29, 1.82) is 0 Å². The average Bonchev–Trinajstić information content (AvgIpc) is 3.20. The van der Waals surface area contributed by atoms with Crippen LogP contribution in [0.3, 0.4) is 0 Å². The second kappa shape index (κ2) is 7.59. The van der Waals surface area contributed by atoms with Crippen molar-refractivity contribution < 1.29 is 23.7 Å². The first-order valence-corrected chi connectivity index (χ1v) is 9.23. The molecule has 2 aromatic rings. The second-order valence-corrected chi connectivity index (χ2v) is 6.93. The van der Waals surface area contributed by atoms with Crippen LogP contribution in [0.2, 0.25) is 0 Å². The summed E-state index contributed by atoms with van der Waals surface area (Å²) in [6.45, 7) is 2.24. The van der Waals surface area contributed by atoms with Crippen LogP contribution >= 0.6 is 0 Å². The molecule has 0 aromatic heterocycles. The number of benzene rings is 2. The Morgan fingerprint density at radius 2 is 1.86 bits per heavy atom. The number of hydrogen-bond acceptors (Lipinski definition) is 6. The molecule has 0 atom stereocenters. The molecule has 28 heavy (non-hydrogen) atoms. The van der Waals surface area contributed by atoms with Gasteiger partial charge < -0.3 is 29.2 Å². The van der Waals surface area contributed by atoms with E-state index in [0.29, 0.717) is 29.4 Å². The molecule has 0 radical (unpaired) electrons. The molecule has 0 fully saturated rings. The Labute approximate surface area is 164 Å². The number of hydrogen-bond donors (Lipinski definition) is 1. The van der Waals surface area contributed by atoms with Crippen LogP contribution < -0.4 is 24.3 Å². The Morgan fingerprint density at radius 1 is 1.11 bits per heavy atom. The molecule has 7 heteroatoms. The summed E-state index contributed by atoms with van der Waals surface area (Å²) < 4.78 is 22.2. The summed E-state index contributed by atoms with van der Waals surface area (Å²) in [4.78, 5) is 14.8. The third-order valence-electron chi connectivity index (χ3n) is 5.25. The highest BCUT2D eigenvalue weighted by Gasteiger charge is 2.32. The topological polar surface area (TPSA) is 69.3 Å². The predicted octanol–water partition coefficient (Wildman–Crippen LogP) is 2.35. The third kappa shape index (κ3) is 3.22. The lowest BCUT2D eigenvalue weighted by atomic mass is 9.92. The van der Waals surface area contributed by atoms with E-state index in [9.17, 15) is 4.79 Å². The van der Waals surface area contributed by atoms with Crippen molar-refractivity contribution in [3.05, 3.63) is 46.5 Å². The highest BCUT2D eigenvalue weighted by molar-refractivity contribution is 5.94. The van der Waals surface area contributed by atoms with Crippen LogP contribution in [0.4, 0.5) is 0 Å². The van der Waals surface area contributed by atoms with Crippen LogP contribution in [-0.2, 0) is 19.5 Å². The van der Waals surface area contributed by atoms with Crippen molar-refractivity contribution in [1.82, 2.24) is 10.2 Å². The quantitative estimate of drug-likeness (QED) is 0.854. The maximum atomic E-state index is 12.6. The average molecular weight is 384 g/mol. The van der Waals surface area contributed by atoms with Crippen LogP contribution in [0, 0.1) is 0 Å². The van der Waals surface area contributed by atoms with E-state index in [4.69, 9.17) is 18.9 Å². The van der Waals surface area contributed by atoms with Gasteiger partial charge in [0.25, 0.3) is 5.91 Å². The molecule has 1 N–H and O–H groups in total. The lowest BCUT2D eigenvalue weighted by molar-refractivity contribution is 0.0950. The van der Waals surface area contributed by atoms with Crippen molar-refractivity contribution >= 4 is 5.91 Å². The molecular weight excluding hydrogens is 360 g/mol. The summed E-state index contributed by atoms with van der Waals surface area (Å²) in [5.41, 5.74) is 3.83. The number of nitrogens with zero attached hydrogens (tertiary/aromatic N) is 1. The van der Waals surface area contributed by atoms with Gasteiger partial charge in [0.2, 0.25) is 12.5 Å². The first-order chi connectivity index (χ1) is 13.6. The van der Waals surface area contributed by atoms with Gasteiger partial charge >= 0.3 is 0 Å². The maximum absolute atomic E-state index is 12.6. The van der Waals surface area contributed by atoms with Gasteiger partial charge in [-0.1, -0.05) is 0 Å². The third-order valence-corrected chi connectivity index (χ3v) is 5.25. The Balaban J connectivity index is 1.63. The number of methoxy groups -OCH3 is 2. The molecule has 1 amide bonds. The van der Waals surface area contributed by atoms with Gasteiger partial charge in [0.15, 0.2) is 11.5 Å². The molecule has 2 aromatic carbocycles. The van der Waals surface area contributed by atoms with E-state index in [1.54, 1.807) is 38.5 Å². The van der Waals surface area contributed by atoms with E-state index in [1.165, 1.54) is 5.56 Å².